The van der Waals surface area contributed by atoms with Gasteiger partial charge in [0.1, 0.15) is 5.82 Å². The molecule has 0 saturated heterocycles. The van der Waals surface area contributed by atoms with E-state index in [9.17, 15) is 4.79 Å². The van der Waals surface area contributed by atoms with E-state index < -0.39 is 0 Å². The van der Waals surface area contributed by atoms with Crippen LogP contribution in [-0.2, 0) is 0 Å². The maximum Gasteiger partial charge on any atom is 0.252 e. The molecular weight excluding hydrogens is 270 g/mol. The molecule has 0 unspecified atom stereocenters. The van der Waals surface area contributed by atoms with E-state index in [2.05, 4.69) is 15.6 Å². The van der Waals surface area contributed by atoms with E-state index in [0.29, 0.717) is 22.9 Å². The second kappa shape index (κ2) is 8.21. The predicted octanol–water partition coefficient (Wildman–Crippen LogP) is 2.65. The number of nitrogens with zero attached hydrogens (tertiary/aromatic N) is 1. The predicted molar refractivity (Wildman–Crippen MR) is 78.7 cm³/mol. The van der Waals surface area contributed by atoms with Crippen LogP contribution in [0, 0.1) is 0 Å². The number of rotatable bonds is 7. The summed E-state index contributed by atoms with van der Waals surface area (Å²) in [6, 6.07) is 1.68. The molecule has 0 aliphatic rings. The molecule has 0 radical (unpaired) electrons. The van der Waals surface area contributed by atoms with E-state index in [1.165, 1.54) is 6.20 Å². The molecule has 18 heavy (non-hydrogen) atoms. The van der Waals surface area contributed by atoms with Gasteiger partial charge in [0.05, 0.1) is 10.6 Å². The van der Waals surface area contributed by atoms with Gasteiger partial charge in [-0.1, -0.05) is 11.6 Å². The van der Waals surface area contributed by atoms with Gasteiger partial charge in [-0.15, -0.1) is 0 Å². The van der Waals surface area contributed by atoms with Crippen LogP contribution in [0.3, 0.4) is 0 Å². The van der Waals surface area contributed by atoms with Crippen LogP contribution in [0.2, 0.25) is 5.02 Å². The number of carbonyl (C=O) groups excluding carboxylic acids is 1. The molecule has 0 atom stereocenters. The summed E-state index contributed by atoms with van der Waals surface area (Å²) in [4.78, 5) is 16.0. The molecule has 1 aromatic heterocycles. The largest absolute Gasteiger partial charge is 0.370 e. The van der Waals surface area contributed by atoms with Crippen molar-refractivity contribution in [1.29, 1.82) is 0 Å². The first-order valence-corrected chi connectivity index (χ1v) is 7.62. The Balaban J connectivity index is 2.63. The molecule has 1 aromatic rings. The number of amides is 1. The third kappa shape index (κ3) is 4.74. The van der Waals surface area contributed by atoms with Crippen molar-refractivity contribution in [2.24, 2.45) is 0 Å². The highest BCUT2D eigenvalue weighted by atomic mass is 35.5. The lowest BCUT2D eigenvalue weighted by molar-refractivity contribution is 0.0954. The quantitative estimate of drug-likeness (QED) is 0.757. The minimum Gasteiger partial charge on any atom is -0.370 e. The highest BCUT2D eigenvalue weighted by molar-refractivity contribution is 7.98. The molecule has 1 heterocycles. The van der Waals surface area contributed by atoms with Crippen molar-refractivity contribution in [2.45, 2.75) is 13.3 Å². The van der Waals surface area contributed by atoms with Crippen molar-refractivity contribution in [1.82, 2.24) is 10.3 Å². The van der Waals surface area contributed by atoms with Gasteiger partial charge >= 0.3 is 0 Å². The lowest BCUT2D eigenvalue weighted by atomic mass is 10.2. The Bertz CT molecular complexity index is 401. The highest BCUT2D eigenvalue weighted by Crippen LogP contribution is 2.17. The van der Waals surface area contributed by atoms with E-state index in [-0.39, 0.29) is 5.91 Å². The zero-order chi connectivity index (χ0) is 13.4. The smallest absolute Gasteiger partial charge is 0.252 e. The summed E-state index contributed by atoms with van der Waals surface area (Å²) in [5, 5.41) is 6.28. The third-order valence-electron chi connectivity index (χ3n) is 2.27. The number of anilines is 1. The van der Waals surface area contributed by atoms with Crippen molar-refractivity contribution in [3.8, 4) is 0 Å². The number of aromatic nitrogens is 1. The molecular formula is C12H18ClN3OS. The lowest BCUT2D eigenvalue weighted by Crippen LogP contribution is -2.25. The Morgan fingerprint density at radius 1 is 1.56 bits per heavy atom. The number of hydrogen-bond acceptors (Lipinski definition) is 4. The number of pyridine rings is 1. The van der Waals surface area contributed by atoms with Crippen LogP contribution >= 0.6 is 23.4 Å². The van der Waals surface area contributed by atoms with Gasteiger partial charge in [-0.05, 0) is 31.4 Å². The van der Waals surface area contributed by atoms with Gasteiger partial charge in [-0.2, -0.15) is 11.8 Å². The lowest BCUT2D eigenvalue weighted by Gasteiger charge is -2.08. The van der Waals surface area contributed by atoms with Gasteiger partial charge in [0.2, 0.25) is 0 Å². The molecule has 0 fully saturated rings. The molecule has 6 heteroatoms. The molecule has 0 bridgehead atoms. The fraction of sp³-hybridized carbons (Fsp3) is 0.500. The Morgan fingerprint density at radius 3 is 3.00 bits per heavy atom. The van der Waals surface area contributed by atoms with Crippen LogP contribution in [0.25, 0.3) is 0 Å². The van der Waals surface area contributed by atoms with Gasteiger partial charge < -0.3 is 10.6 Å². The fourth-order valence-electron chi connectivity index (χ4n) is 1.40. The minimum absolute atomic E-state index is 0.150. The summed E-state index contributed by atoms with van der Waals surface area (Å²) >= 11 is 7.74. The van der Waals surface area contributed by atoms with Gasteiger partial charge in [-0.25, -0.2) is 4.98 Å². The Kier molecular flexibility index (Phi) is 6.90. The minimum atomic E-state index is -0.150. The molecule has 0 aliphatic carbocycles. The van der Waals surface area contributed by atoms with Crippen molar-refractivity contribution < 1.29 is 4.79 Å². The average molecular weight is 288 g/mol. The van der Waals surface area contributed by atoms with Gasteiger partial charge in [0.15, 0.2) is 0 Å². The Labute approximate surface area is 117 Å². The molecule has 0 aromatic carbocycles. The number of hydrogen-bond donors (Lipinski definition) is 2. The van der Waals surface area contributed by atoms with E-state index >= 15 is 0 Å². The number of halogens is 1. The van der Waals surface area contributed by atoms with Crippen molar-refractivity contribution in [2.75, 3.05) is 30.4 Å². The second-order valence-corrected chi connectivity index (χ2v) is 5.07. The van der Waals surface area contributed by atoms with Crippen LogP contribution in [0.15, 0.2) is 12.3 Å². The molecule has 1 rings (SSSR count). The van der Waals surface area contributed by atoms with Crippen LogP contribution in [0.1, 0.15) is 23.7 Å². The van der Waals surface area contributed by atoms with E-state index in [1.54, 1.807) is 17.8 Å². The summed E-state index contributed by atoms with van der Waals surface area (Å²) in [6.07, 6.45) is 4.50. The Hall–Kier alpha value is -0.940. The zero-order valence-electron chi connectivity index (χ0n) is 10.6. The number of carbonyl (C=O) groups is 1. The van der Waals surface area contributed by atoms with E-state index in [0.717, 1.165) is 18.7 Å². The average Bonchev–Trinajstić information content (AvgIpc) is 2.37. The highest BCUT2D eigenvalue weighted by Gasteiger charge is 2.11. The molecule has 1 amide bonds. The standard InChI is InChI=1S/C12H18ClN3OS/c1-3-14-11-7-9(10(13)8-16-11)12(17)15-5-4-6-18-2/h7-8H,3-6H2,1-2H3,(H,14,16)(H,15,17). The van der Waals surface area contributed by atoms with Crippen LogP contribution in [0.5, 0.6) is 0 Å². The molecule has 0 aliphatic heterocycles. The number of nitrogens with one attached hydrogen (secondary N) is 2. The molecule has 0 spiro atoms. The van der Waals surface area contributed by atoms with Gasteiger partial charge in [0, 0.05) is 19.3 Å². The zero-order valence-corrected chi connectivity index (χ0v) is 12.2. The van der Waals surface area contributed by atoms with Gasteiger partial charge in [-0.3, -0.25) is 4.79 Å². The monoisotopic (exact) mass is 287 g/mol. The fourth-order valence-corrected chi connectivity index (χ4v) is 2.03. The molecule has 100 valence electrons. The van der Waals surface area contributed by atoms with E-state index in [4.69, 9.17) is 11.6 Å². The van der Waals surface area contributed by atoms with Crippen LogP contribution in [0.4, 0.5) is 5.82 Å². The normalized spacial score (nSPS) is 10.2. The first-order valence-electron chi connectivity index (χ1n) is 5.85. The third-order valence-corrected chi connectivity index (χ3v) is 3.27. The van der Waals surface area contributed by atoms with Crippen molar-refractivity contribution >= 4 is 35.1 Å². The van der Waals surface area contributed by atoms with Crippen LogP contribution < -0.4 is 10.6 Å². The van der Waals surface area contributed by atoms with Gasteiger partial charge in [0.25, 0.3) is 5.91 Å². The maximum atomic E-state index is 11.9. The van der Waals surface area contributed by atoms with Crippen molar-refractivity contribution in [3.05, 3.63) is 22.8 Å². The number of thioether (sulfide) groups is 1. The first-order chi connectivity index (χ1) is 8.69. The van der Waals surface area contributed by atoms with Crippen molar-refractivity contribution in [3.63, 3.8) is 0 Å². The summed E-state index contributed by atoms with van der Waals surface area (Å²) < 4.78 is 0. The molecule has 0 saturated carbocycles. The SMILES string of the molecule is CCNc1cc(C(=O)NCCCSC)c(Cl)cn1. The topological polar surface area (TPSA) is 54.0 Å². The summed E-state index contributed by atoms with van der Waals surface area (Å²) in [7, 11) is 0. The molecule has 2 N–H and O–H groups in total. The second-order valence-electron chi connectivity index (χ2n) is 3.68. The Morgan fingerprint density at radius 2 is 2.33 bits per heavy atom. The van der Waals surface area contributed by atoms with Crippen LogP contribution in [-0.4, -0.2) is 36.0 Å². The first kappa shape index (κ1) is 15.1. The van der Waals surface area contributed by atoms with E-state index in [1.807, 2.05) is 13.2 Å². The maximum absolute atomic E-state index is 11.9. The summed E-state index contributed by atoms with van der Waals surface area (Å²) in [6.45, 7) is 3.39. The molecule has 4 nitrogen and oxygen atoms in total. The summed E-state index contributed by atoms with van der Waals surface area (Å²) in [5.41, 5.74) is 0.465. The summed E-state index contributed by atoms with van der Waals surface area (Å²) in [5.74, 6) is 1.55.